The lowest BCUT2D eigenvalue weighted by Crippen LogP contribution is -1.83. The van der Waals surface area contributed by atoms with Crippen molar-refractivity contribution in [2.45, 2.75) is 9.92 Å². The lowest BCUT2D eigenvalue weighted by atomic mass is 10.2. The zero-order valence-electron chi connectivity index (χ0n) is 8.22. The highest BCUT2D eigenvalue weighted by atomic mass is 79.9. The van der Waals surface area contributed by atoms with Gasteiger partial charge >= 0.3 is 0 Å². The van der Waals surface area contributed by atoms with Crippen LogP contribution in [0.3, 0.4) is 0 Å². The maximum atomic E-state index is 8.99. The lowest BCUT2D eigenvalue weighted by Gasteiger charge is -2.03. The van der Waals surface area contributed by atoms with Crippen molar-refractivity contribution >= 4 is 27.7 Å². The molecule has 0 saturated heterocycles. The largest absolute Gasteiger partial charge is 0.250 e. The summed E-state index contributed by atoms with van der Waals surface area (Å²) in [6, 6.07) is 13.5. The highest BCUT2D eigenvalue weighted by molar-refractivity contribution is 9.10. The van der Waals surface area contributed by atoms with Gasteiger partial charge < -0.3 is 0 Å². The van der Waals surface area contributed by atoms with E-state index in [9.17, 15) is 0 Å². The molecule has 0 fully saturated rings. The van der Waals surface area contributed by atoms with Gasteiger partial charge in [0.1, 0.15) is 11.1 Å². The molecule has 0 atom stereocenters. The molecule has 2 nitrogen and oxygen atoms in total. The van der Waals surface area contributed by atoms with Crippen LogP contribution in [-0.4, -0.2) is 4.98 Å². The lowest BCUT2D eigenvalue weighted by molar-refractivity contribution is 1.13. The van der Waals surface area contributed by atoms with E-state index in [1.807, 2.05) is 30.3 Å². The van der Waals surface area contributed by atoms with E-state index in [1.54, 1.807) is 12.3 Å². The molecule has 0 saturated carbocycles. The Hall–Kier alpha value is -1.31. The first-order chi connectivity index (χ1) is 7.79. The van der Waals surface area contributed by atoms with Crippen molar-refractivity contribution in [2.24, 2.45) is 0 Å². The normalized spacial score (nSPS) is 9.75. The number of halogens is 1. The summed E-state index contributed by atoms with van der Waals surface area (Å²) in [6.07, 6.45) is 1.74. The van der Waals surface area contributed by atoms with E-state index in [-0.39, 0.29) is 0 Å². The van der Waals surface area contributed by atoms with Crippen LogP contribution in [-0.2, 0) is 0 Å². The number of benzene rings is 1. The van der Waals surface area contributed by atoms with Gasteiger partial charge in [0.25, 0.3) is 0 Å². The van der Waals surface area contributed by atoms with Gasteiger partial charge in [0, 0.05) is 15.6 Å². The Morgan fingerprint density at radius 2 is 2.12 bits per heavy atom. The van der Waals surface area contributed by atoms with Crippen LogP contribution in [0.5, 0.6) is 0 Å². The van der Waals surface area contributed by atoms with E-state index in [0.29, 0.717) is 5.56 Å². The van der Waals surface area contributed by atoms with Crippen LogP contribution in [0.15, 0.2) is 57.0 Å². The molecular weight excluding hydrogens is 284 g/mol. The molecule has 0 aliphatic heterocycles. The van der Waals surface area contributed by atoms with Gasteiger partial charge in [-0.05, 0) is 30.3 Å². The first-order valence-corrected chi connectivity index (χ1v) is 6.19. The fraction of sp³-hybridized carbons (Fsp3) is 0. The highest BCUT2D eigenvalue weighted by Gasteiger charge is 2.05. The number of nitriles is 1. The number of hydrogen-bond acceptors (Lipinski definition) is 3. The molecule has 0 amide bonds. The molecule has 0 spiro atoms. The van der Waals surface area contributed by atoms with Crippen molar-refractivity contribution in [1.29, 1.82) is 5.26 Å². The van der Waals surface area contributed by atoms with Crippen LogP contribution in [0, 0.1) is 11.3 Å². The molecule has 0 aliphatic rings. The first kappa shape index (κ1) is 11.2. The Morgan fingerprint density at radius 3 is 2.81 bits per heavy atom. The second-order valence-corrected chi connectivity index (χ2v) is 5.00. The summed E-state index contributed by atoms with van der Waals surface area (Å²) >= 11 is 4.89. The van der Waals surface area contributed by atoms with E-state index >= 15 is 0 Å². The zero-order chi connectivity index (χ0) is 11.4. The molecule has 0 radical (unpaired) electrons. The summed E-state index contributed by atoms with van der Waals surface area (Å²) in [5, 5.41) is 9.87. The summed E-state index contributed by atoms with van der Waals surface area (Å²) in [6.45, 7) is 0. The zero-order valence-corrected chi connectivity index (χ0v) is 10.6. The summed E-state index contributed by atoms with van der Waals surface area (Å²) < 4.78 is 0.963. The van der Waals surface area contributed by atoms with Crippen molar-refractivity contribution in [1.82, 2.24) is 4.98 Å². The number of aromatic nitrogens is 1. The predicted octanol–water partition coefficient (Wildman–Crippen LogP) is 3.87. The van der Waals surface area contributed by atoms with Gasteiger partial charge in [0.05, 0.1) is 5.56 Å². The Balaban J connectivity index is 2.35. The maximum absolute atomic E-state index is 8.99. The second-order valence-electron chi connectivity index (χ2n) is 3.02. The van der Waals surface area contributed by atoms with Gasteiger partial charge in [-0.15, -0.1) is 0 Å². The van der Waals surface area contributed by atoms with Crippen LogP contribution >= 0.6 is 27.7 Å². The van der Waals surface area contributed by atoms with E-state index in [1.165, 1.54) is 11.8 Å². The fourth-order valence-electron chi connectivity index (χ4n) is 1.19. The van der Waals surface area contributed by atoms with E-state index in [4.69, 9.17) is 5.26 Å². The molecule has 1 aromatic carbocycles. The Labute approximate surface area is 106 Å². The second kappa shape index (κ2) is 5.15. The van der Waals surface area contributed by atoms with Crippen LogP contribution in [0.4, 0.5) is 0 Å². The maximum Gasteiger partial charge on any atom is 0.101 e. The molecule has 78 valence electrons. The third kappa shape index (κ3) is 2.63. The molecule has 16 heavy (non-hydrogen) atoms. The Bertz CT molecular complexity index is 534. The first-order valence-electron chi connectivity index (χ1n) is 4.58. The molecule has 2 rings (SSSR count). The van der Waals surface area contributed by atoms with Crippen LogP contribution in [0.2, 0.25) is 0 Å². The molecule has 1 aromatic heterocycles. The molecular formula is C12H7BrN2S. The fourth-order valence-corrected chi connectivity index (χ4v) is 2.60. The molecule has 2 aromatic rings. The van der Waals surface area contributed by atoms with Gasteiger partial charge in [0.2, 0.25) is 0 Å². The van der Waals surface area contributed by atoms with Crippen molar-refractivity contribution in [3.05, 3.63) is 52.6 Å². The van der Waals surface area contributed by atoms with Gasteiger partial charge in [-0.2, -0.15) is 5.26 Å². The summed E-state index contributed by atoms with van der Waals surface area (Å²) in [7, 11) is 0. The van der Waals surface area contributed by atoms with E-state index in [2.05, 4.69) is 27.0 Å². The average molecular weight is 291 g/mol. The van der Waals surface area contributed by atoms with Crippen LogP contribution < -0.4 is 0 Å². The van der Waals surface area contributed by atoms with Crippen molar-refractivity contribution in [3.8, 4) is 6.07 Å². The van der Waals surface area contributed by atoms with Crippen molar-refractivity contribution < 1.29 is 0 Å². The average Bonchev–Trinajstić information content (AvgIpc) is 2.31. The van der Waals surface area contributed by atoms with E-state index in [0.717, 1.165) is 14.4 Å². The van der Waals surface area contributed by atoms with Gasteiger partial charge in [0.15, 0.2) is 0 Å². The topological polar surface area (TPSA) is 36.7 Å². The van der Waals surface area contributed by atoms with Crippen LogP contribution in [0.25, 0.3) is 0 Å². The van der Waals surface area contributed by atoms with Crippen molar-refractivity contribution in [2.75, 3.05) is 0 Å². The number of nitrogens with zero attached hydrogens (tertiary/aromatic N) is 2. The number of pyridine rings is 1. The highest BCUT2D eigenvalue weighted by Crippen LogP contribution is 2.30. The minimum atomic E-state index is 0.666. The Morgan fingerprint density at radius 1 is 1.25 bits per heavy atom. The summed E-state index contributed by atoms with van der Waals surface area (Å²) in [4.78, 5) is 5.13. The van der Waals surface area contributed by atoms with Crippen LogP contribution in [0.1, 0.15) is 5.56 Å². The van der Waals surface area contributed by atoms with Gasteiger partial charge in [-0.1, -0.05) is 33.8 Å². The standard InChI is InChI=1S/C12H7BrN2S/c13-10-5-4-9(8-14)11(7-10)16-12-3-1-2-6-15-12/h1-7H. The minimum Gasteiger partial charge on any atom is -0.250 e. The monoisotopic (exact) mass is 290 g/mol. The quantitative estimate of drug-likeness (QED) is 0.842. The molecule has 0 unspecified atom stereocenters. The third-order valence-corrected chi connectivity index (χ3v) is 3.42. The molecule has 0 N–H and O–H groups in total. The molecule has 1 heterocycles. The van der Waals surface area contributed by atoms with E-state index < -0.39 is 0 Å². The Kier molecular flexibility index (Phi) is 3.60. The minimum absolute atomic E-state index is 0.666. The number of hydrogen-bond donors (Lipinski definition) is 0. The smallest absolute Gasteiger partial charge is 0.101 e. The SMILES string of the molecule is N#Cc1ccc(Br)cc1Sc1ccccn1. The summed E-state index contributed by atoms with van der Waals surface area (Å²) in [5.74, 6) is 0. The predicted molar refractivity (Wildman–Crippen MR) is 67.2 cm³/mol. The van der Waals surface area contributed by atoms with Gasteiger partial charge in [-0.3, -0.25) is 0 Å². The molecule has 0 aliphatic carbocycles. The third-order valence-electron chi connectivity index (χ3n) is 1.92. The van der Waals surface area contributed by atoms with Gasteiger partial charge in [-0.25, -0.2) is 4.98 Å². The molecule has 4 heteroatoms. The molecule has 0 bridgehead atoms. The summed E-state index contributed by atoms with van der Waals surface area (Å²) in [5.41, 5.74) is 0.666. The number of rotatable bonds is 2. The van der Waals surface area contributed by atoms with Crippen molar-refractivity contribution in [3.63, 3.8) is 0 Å².